The van der Waals surface area contributed by atoms with Crippen molar-refractivity contribution in [3.63, 3.8) is 0 Å². The Morgan fingerprint density at radius 2 is 2.05 bits per heavy atom. The van der Waals surface area contributed by atoms with Gasteiger partial charge in [0.1, 0.15) is 5.78 Å². The lowest BCUT2D eigenvalue weighted by Gasteiger charge is -2.30. The Bertz CT molecular complexity index is 289. The van der Waals surface area contributed by atoms with Crippen molar-refractivity contribution in [3.05, 3.63) is 0 Å². The summed E-state index contributed by atoms with van der Waals surface area (Å²) in [4.78, 5) is 14.6. The van der Waals surface area contributed by atoms with Crippen LogP contribution in [-0.4, -0.2) is 30.3 Å². The van der Waals surface area contributed by atoms with Gasteiger partial charge in [-0.05, 0) is 57.0 Å². The number of nitrogens with zero attached hydrogens (tertiary/aromatic N) is 1. The highest BCUT2D eigenvalue weighted by atomic mass is 16.1. The molecule has 2 aliphatic rings. The lowest BCUT2D eigenvalue weighted by molar-refractivity contribution is -0.126. The topological polar surface area (TPSA) is 20.3 Å². The Balaban J connectivity index is 1.80. The van der Waals surface area contributed by atoms with E-state index in [9.17, 15) is 4.79 Å². The summed E-state index contributed by atoms with van der Waals surface area (Å²) in [7, 11) is 0. The van der Waals surface area contributed by atoms with Crippen molar-refractivity contribution in [2.24, 2.45) is 17.8 Å². The van der Waals surface area contributed by atoms with Gasteiger partial charge in [-0.25, -0.2) is 0 Å². The average Bonchev–Trinajstić information content (AvgIpc) is 2.60. The van der Waals surface area contributed by atoms with Crippen LogP contribution in [0.4, 0.5) is 0 Å². The largest absolute Gasteiger partial charge is 0.303 e. The molecule has 0 aromatic heterocycles. The van der Waals surface area contributed by atoms with Crippen molar-refractivity contribution in [2.75, 3.05) is 19.6 Å². The van der Waals surface area contributed by atoms with Gasteiger partial charge in [-0.1, -0.05) is 26.7 Å². The number of Topliss-reactive ketones (excluding diaryl/α,β-unsaturated/α-hetero) is 1. The molecule has 0 spiro atoms. The highest BCUT2D eigenvalue weighted by Crippen LogP contribution is 2.28. The quantitative estimate of drug-likeness (QED) is 0.768. The number of likely N-dealkylation sites (tertiary alicyclic amines) is 1. The van der Waals surface area contributed by atoms with Crippen LogP contribution in [0.1, 0.15) is 65.2 Å². The third-order valence-electron chi connectivity index (χ3n) is 5.14. The van der Waals surface area contributed by atoms with Gasteiger partial charge in [0, 0.05) is 18.9 Å². The molecule has 2 heteroatoms. The van der Waals surface area contributed by atoms with Gasteiger partial charge in [0.25, 0.3) is 0 Å². The molecule has 1 saturated heterocycles. The fraction of sp³-hybridized carbons (Fsp3) is 0.941. The van der Waals surface area contributed by atoms with Gasteiger partial charge < -0.3 is 4.90 Å². The summed E-state index contributed by atoms with van der Waals surface area (Å²) >= 11 is 0. The maximum atomic E-state index is 12.0. The minimum absolute atomic E-state index is 0.339. The van der Waals surface area contributed by atoms with Gasteiger partial charge in [-0.2, -0.15) is 0 Å². The fourth-order valence-electron chi connectivity index (χ4n) is 3.92. The van der Waals surface area contributed by atoms with Gasteiger partial charge in [0.2, 0.25) is 0 Å². The maximum Gasteiger partial charge on any atom is 0.137 e. The van der Waals surface area contributed by atoms with E-state index in [1.165, 1.54) is 45.2 Å². The van der Waals surface area contributed by atoms with E-state index in [4.69, 9.17) is 0 Å². The van der Waals surface area contributed by atoms with Crippen LogP contribution in [0.3, 0.4) is 0 Å². The molecule has 0 aromatic carbocycles. The maximum absolute atomic E-state index is 12.0. The predicted octanol–water partition coefficient (Wildman–Crippen LogP) is 3.89. The van der Waals surface area contributed by atoms with Crippen molar-refractivity contribution in [1.82, 2.24) is 4.90 Å². The van der Waals surface area contributed by atoms with Crippen LogP contribution in [0, 0.1) is 17.8 Å². The molecular formula is C17H31NO. The third-order valence-corrected chi connectivity index (χ3v) is 5.14. The molecule has 3 unspecified atom stereocenters. The second-order valence-corrected chi connectivity index (χ2v) is 6.93. The van der Waals surface area contributed by atoms with Crippen molar-refractivity contribution in [1.29, 1.82) is 0 Å². The summed E-state index contributed by atoms with van der Waals surface area (Å²) in [6.07, 6.45) is 9.89. The SMILES string of the molecule is CCCC1CCCN(CC2CC(C)CCC2=O)CC1. The van der Waals surface area contributed by atoms with Crippen LogP contribution in [0.15, 0.2) is 0 Å². The number of carbonyl (C=O) groups is 1. The Morgan fingerprint density at radius 3 is 2.84 bits per heavy atom. The first-order valence-corrected chi connectivity index (χ1v) is 8.44. The summed E-state index contributed by atoms with van der Waals surface area (Å²) in [6.45, 7) is 8.09. The minimum Gasteiger partial charge on any atom is -0.303 e. The molecule has 1 aliphatic carbocycles. The van der Waals surface area contributed by atoms with Crippen LogP contribution in [-0.2, 0) is 4.79 Å². The molecule has 2 rings (SSSR count). The van der Waals surface area contributed by atoms with Crippen LogP contribution < -0.4 is 0 Å². The van der Waals surface area contributed by atoms with Crippen LogP contribution in [0.5, 0.6) is 0 Å². The minimum atomic E-state index is 0.339. The number of rotatable bonds is 4. The number of carbonyl (C=O) groups excluding carboxylic acids is 1. The van der Waals surface area contributed by atoms with Crippen LogP contribution in [0.25, 0.3) is 0 Å². The van der Waals surface area contributed by atoms with Gasteiger partial charge >= 0.3 is 0 Å². The lowest BCUT2D eigenvalue weighted by atomic mass is 9.81. The van der Waals surface area contributed by atoms with E-state index in [1.807, 2.05) is 0 Å². The standard InChI is InChI=1S/C17H31NO/c1-3-5-15-6-4-10-18(11-9-15)13-16-12-14(2)7-8-17(16)19/h14-16H,3-13H2,1-2H3. The molecule has 1 aliphatic heterocycles. The fourth-order valence-corrected chi connectivity index (χ4v) is 3.92. The molecule has 0 aromatic rings. The number of ketones is 1. The average molecular weight is 265 g/mol. The van der Waals surface area contributed by atoms with Crippen molar-refractivity contribution in [2.45, 2.75) is 65.2 Å². The molecule has 1 heterocycles. The Kier molecular flexibility index (Phi) is 5.87. The predicted molar refractivity (Wildman–Crippen MR) is 80.2 cm³/mol. The molecule has 1 saturated carbocycles. The van der Waals surface area contributed by atoms with Gasteiger partial charge in [-0.3, -0.25) is 4.79 Å². The summed E-state index contributed by atoms with van der Waals surface area (Å²) in [5.41, 5.74) is 0. The lowest BCUT2D eigenvalue weighted by Crippen LogP contribution is -2.37. The molecule has 0 radical (unpaired) electrons. The van der Waals surface area contributed by atoms with Crippen molar-refractivity contribution >= 4 is 5.78 Å². The van der Waals surface area contributed by atoms with Crippen LogP contribution >= 0.6 is 0 Å². The first kappa shape index (κ1) is 15.0. The van der Waals surface area contributed by atoms with Gasteiger partial charge in [-0.15, -0.1) is 0 Å². The van der Waals surface area contributed by atoms with E-state index in [0.717, 1.165) is 37.6 Å². The monoisotopic (exact) mass is 265 g/mol. The molecule has 2 nitrogen and oxygen atoms in total. The Morgan fingerprint density at radius 1 is 1.21 bits per heavy atom. The molecule has 2 fully saturated rings. The summed E-state index contributed by atoms with van der Waals surface area (Å²) in [6, 6.07) is 0. The normalized spacial score (nSPS) is 34.2. The third kappa shape index (κ3) is 4.59. The molecule has 19 heavy (non-hydrogen) atoms. The molecule has 0 bridgehead atoms. The Hall–Kier alpha value is -0.370. The number of hydrogen-bond donors (Lipinski definition) is 0. The van der Waals surface area contributed by atoms with E-state index in [0.29, 0.717) is 11.7 Å². The molecule has 110 valence electrons. The highest BCUT2D eigenvalue weighted by Gasteiger charge is 2.28. The van der Waals surface area contributed by atoms with Crippen molar-refractivity contribution in [3.8, 4) is 0 Å². The van der Waals surface area contributed by atoms with E-state index < -0.39 is 0 Å². The van der Waals surface area contributed by atoms with E-state index in [2.05, 4.69) is 18.7 Å². The summed E-state index contributed by atoms with van der Waals surface area (Å²) in [5.74, 6) is 2.57. The van der Waals surface area contributed by atoms with Gasteiger partial charge in [0.15, 0.2) is 0 Å². The summed E-state index contributed by atoms with van der Waals surface area (Å²) in [5, 5.41) is 0. The van der Waals surface area contributed by atoms with E-state index in [-0.39, 0.29) is 0 Å². The van der Waals surface area contributed by atoms with Crippen molar-refractivity contribution < 1.29 is 4.79 Å². The van der Waals surface area contributed by atoms with E-state index >= 15 is 0 Å². The van der Waals surface area contributed by atoms with Crippen LogP contribution in [0.2, 0.25) is 0 Å². The number of hydrogen-bond acceptors (Lipinski definition) is 2. The highest BCUT2D eigenvalue weighted by molar-refractivity contribution is 5.81. The van der Waals surface area contributed by atoms with E-state index in [1.54, 1.807) is 0 Å². The zero-order valence-corrected chi connectivity index (χ0v) is 12.9. The molecular weight excluding hydrogens is 234 g/mol. The molecule has 0 N–H and O–H groups in total. The Labute approximate surface area is 118 Å². The first-order valence-electron chi connectivity index (χ1n) is 8.44. The summed E-state index contributed by atoms with van der Waals surface area (Å²) < 4.78 is 0. The second-order valence-electron chi connectivity index (χ2n) is 6.93. The second kappa shape index (κ2) is 7.42. The smallest absolute Gasteiger partial charge is 0.137 e. The zero-order valence-electron chi connectivity index (χ0n) is 12.9. The first-order chi connectivity index (χ1) is 9.19. The van der Waals surface area contributed by atoms with Gasteiger partial charge in [0.05, 0.1) is 0 Å². The molecule has 3 atom stereocenters. The molecule has 0 amide bonds. The zero-order chi connectivity index (χ0) is 13.7.